The average Bonchev–Trinajstić information content (AvgIpc) is 2.74. The van der Waals surface area contributed by atoms with Crippen LogP contribution < -0.4 is 20.7 Å². The van der Waals surface area contributed by atoms with Crippen molar-refractivity contribution in [3.8, 4) is 5.75 Å². The molecule has 0 bridgehead atoms. The van der Waals surface area contributed by atoms with Crippen molar-refractivity contribution in [3.05, 3.63) is 84.4 Å². The van der Waals surface area contributed by atoms with Crippen LogP contribution >= 0.6 is 7.26 Å². The summed E-state index contributed by atoms with van der Waals surface area (Å²) in [5.41, 5.74) is 0.537. The summed E-state index contributed by atoms with van der Waals surface area (Å²) in [6.45, 7) is 6.81. The SMILES string of the molecule is CCOC(=O)c1c(OCC)cccc1[P+](C)(c1ccccc1)c1ccccc1. The Hall–Kier alpha value is -2.64. The first-order valence-corrected chi connectivity index (χ1v) is 11.8. The molecule has 0 saturated carbocycles. The molecule has 0 radical (unpaired) electrons. The number of rotatable bonds is 7. The molecule has 0 heterocycles. The lowest BCUT2D eigenvalue weighted by molar-refractivity contribution is 0.0523. The summed E-state index contributed by atoms with van der Waals surface area (Å²) in [6, 6.07) is 26.6. The molecule has 0 unspecified atom stereocenters. The van der Waals surface area contributed by atoms with Gasteiger partial charge in [0.25, 0.3) is 0 Å². The van der Waals surface area contributed by atoms with Gasteiger partial charge in [-0.15, -0.1) is 0 Å². The van der Waals surface area contributed by atoms with E-state index < -0.39 is 7.26 Å². The average molecular weight is 393 g/mol. The van der Waals surface area contributed by atoms with Gasteiger partial charge >= 0.3 is 5.97 Å². The van der Waals surface area contributed by atoms with Crippen LogP contribution in [0.15, 0.2) is 78.9 Å². The van der Waals surface area contributed by atoms with Crippen LogP contribution in [0.3, 0.4) is 0 Å². The number of ether oxygens (including phenoxy) is 2. The number of esters is 1. The van der Waals surface area contributed by atoms with Crippen LogP contribution in [0.4, 0.5) is 0 Å². The van der Waals surface area contributed by atoms with Crippen LogP contribution in [-0.4, -0.2) is 25.8 Å². The third-order valence-corrected chi connectivity index (χ3v) is 8.81. The molecule has 0 fully saturated rings. The highest BCUT2D eigenvalue weighted by Crippen LogP contribution is 2.53. The highest BCUT2D eigenvalue weighted by molar-refractivity contribution is 7.95. The maximum Gasteiger partial charge on any atom is 0.346 e. The Balaban J connectivity index is 2.33. The van der Waals surface area contributed by atoms with Crippen molar-refractivity contribution < 1.29 is 14.3 Å². The molecule has 3 aromatic rings. The fraction of sp³-hybridized carbons (Fsp3) is 0.208. The quantitative estimate of drug-likeness (QED) is 0.446. The van der Waals surface area contributed by atoms with Crippen LogP contribution in [0, 0.1) is 0 Å². The minimum atomic E-state index is -2.07. The highest BCUT2D eigenvalue weighted by Gasteiger charge is 2.44. The summed E-state index contributed by atoms with van der Waals surface area (Å²) >= 11 is 0. The molecule has 0 aliphatic carbocycles. The maximum atomic E-state index is 13.0. The van der Waals surface area contributed by atoms with E-state index >= 15 is 0 Å². The molecule has 0 spiro atoms. The van der Waals surface area contributed by atoms with Gasteiger partial charge in [0, 0.05) is 0 Å². The highest BCUT2D eigenvalue weighted by atomic mass is 31.2. The van der Waals surface area contributed by atoms with Crippen molar-refractivity contribution in [2.75, 3.05) is 19.9 Å². The summed E-state index contributed by atoms with van der Waals surface area (Å²) in [4.78, 5) is 13.0. The molecule has 3 rings (SSSR count). The van der Waals surface area contributed by atoms with Gasteiger partial charge in [-0.25, -0.2) is 4.79 Å². The van der Waals surface area contributed by atoms with E-state index in [2.05, 4.69) is 30.9 Å². The summed E-state index contributed by atoms with van der Waals surface area (Å²) in [5, 5.41) is 3.40. The maximum absolute atomic E-state index is 13.0. The minimum absolute atomic E-state index is 0.324. The molecular formula is C24H26O3P+. The van der Waals surface area contributed by atoms with E-state index in [9.17, 15) is 4.79 Å². The summed E-state index contributed by atoms with van der Waals surface area (Å²) in [6.07, 6.45) is 0. The molecule has 28 heavy (non-hydrogen) atoms. The molecule has 144 valence electrons. The molecule has 0 amide bonds. The van der Waals surface area contributed by atoms with Gasteiger partial charge in [-0.2, -0.15) is 0 Å². The van der Waals surface area contributed by atoms with E-state index in [0.717, 1.165) is 5.30 Å². The Bertz CT molecular complexity index is 884. The minimum Gasteiger partial charge on any atom is -0.493 e. The molecule has 0 aliphatic rings. The van der Waals surface area contributed by atoms with Gasteiger partial charge in [0.05, 0.1) is 19.9 Å². The van der Waals surface area contributed by atoms with Crippen molar-refractivity contribution >= 4 is 29.1 Å². The smallest absolute Gasteiger partial charge is 0.346 e. The normalized spacial score (nSPS) is 11.1. The Morgan fingerprint density at radius 3 is 1.86 bits per heavy atom. The number of hydrogen-bond acceptors (Lipinski definition) is 3. The van der Waals surface area contributed by atoms with Gasteiger partial charge in [-0.3, -0.25) is 0 Å². The molecule has 3 aromatic carbocycles. The van der Waals surface area contributed by atoms with Crippen LogP contribution in [0.25, 0.3) is 0 Å². The van der Waals surface area contributed by atoms with E-state index in [-0.39, 0.29) is 5.97 Å². The van der Waals surface area contributed by atoms with Gasteiger partial charge in [-0.1, -0.05) is 42.5 Å². The van der Waals surface area contributed by atoms with Crippen molar-refractivity contribution in [1.82, 2.24) is 0 Å². The zero-order valence-corrected chi connectivity index (χ0v) is 17.5. The fourth-order valence-electron chi connectivity index (χ4n) is 3.46. The first kappa shape index (κ1) is 20.1. The lowest BCUT2D eigenvalue weighted by atomic mass is 10.2. The molecule has 3 nitrogen and oxygen atoms in total. The Kier molecular flexibility index (Phi) is 6.49. The third-order valence-electron chi connectivity index (χ3n) is 4.81. The van der Waals surface area contributed by atoms with Crippen molar-refractivity contribution in [2.24, 2.45) is 0 Å². The van der Waals surface area contributed by atoms with E-state index in [1.54, 1.807) is 0 Å². The Labute approximate surface area is 167 Å². The molecule has 0 aliphatic heterocycles. The topological polar surface area (TPSA) is 35.5 Å². The molecule has 0 aromatic heterocycles. The molecular weight excluding hydrogens is 367 g/mol. The van der Waals surface area contributed by atoms with Gasteiger partial charge in [0.1, 0.15) is 34.5 Å². The second kappa shape index (κ2) is 9.03. The van der Waals surface area contributed by atoms with E-state index in [4.69, 9.17) is 9.47 Å². The van der Waals surface area contributed by atoms with Crippen LogP contribution in [0.1, 0.15) is 24.2 Å². The van der Waals surface area contributed by atoms with E-state index in [1.165, 1.54) is 10.6 Å². The number of benzene rings is 3. The fourth-order valence-corrected chi connectivity index (χ4v) is 6.88. The molecule has 0 atom stereocenters. The standard InChI is InChI=1S/C24H26O3P/c1-4-26-21-17-12-18-22(23(21)24(25)27-5-2)28(3,19-13-8-6-9-14-19)20-15-10-7-11-16-20/h6-18H,4-5H2,1-3H3/q+1. The summed E-state index contributed by atoms with van der Waals surface area (Å²) < 4.78 is 11.3. The predicted molar refractivity (Wildman–Crippen MR) is 118 cm³/mol. The number of carbonyl (C=O) groups excluding carboxylic acids is 1. The first-order valence-electron chi connectivity index (χ1n) is 9.54. The van der Waals surface area contributed by atoms with Gasteiger partial charge in [-0.05, 0) is 50.2 Å². The second-order valence-corrected chi connectivity index (χ2v) is 10.0. The lowest BCUT2D eigenvalue weighted by Crippen LogP contribution is -2.34. The number of hydrogen-bond donors (Lipinski definition) is 0. The van der Waals surface area contributed by atoms with Crippen molar-refractivity contribution in [2.45, 2.75) is 13.8 Å². The first-order chi connectivity index (χ1) is 13.6. The van der Waals surface area contributed by atoms with Crippen LogP contribution in [0.5, 0.6) is 5.75 Å². The van der Waals surface area contributed by atoms with E-state index in [1.807, 2.05) is 68.4 Å². The van der Waals surface area contributed by atoms with Gasteiger partial charge in [0.15, 0.2) is 0 Å². The van der Waals surface area contributed by atoms with E-state index in [0.29, 0.717) is 24.5 Å². The lowest BCUT2D eigenvalue weighted by Gasteiger charge is -2.25. The third kappa shape index (κ3) is 3.81. The Morgan fingerprint density at radius 2 is 1.36 bits per heavy atom. The molecule has 0 N–H and O–H groups in total. The second-order valence-electron chi connectivity index (χ2n) is 6.48. The van der Waals surface area contributed by atoms with Gasteiger partial charge < -0.3 is 9.47 Å². The predicted octanol–water partition coefficient (Wildman–Crippen LogP) is 4.19. The Morgan fingerprint density at radius 1 is 0.786 bits per heavy atom. The molecule has 4 heteroatoms. The van der Waals surface area contributed by atoms with Crippen LogP contribution in [0.2, 0.25) is 0 Å². The van der Waals surface area contributed by atoms with Crippen molar-refractivity contribution in [3.63, 3.8) is 0 Å². The zero-order chi connectivity index (χ0) is 20.0. The summed E-state index contributed by atoms with van der Waals surface area (Å²) in [7, 11) is -2.07. The monoisotopic (exact) mass is 393 g/mol. The van der Waals surface area contributed by atoms with Gasteiger partial charge in [0.2, 0.25) is 0 Å². The number of carbonyl (C=O) groups is 1. The summed E-state index contributed by atoms with van der Waals surface area (Å²) in [5.74, 6) is 0.246. The van der Waals surface area contributed by atoms with Crippen LogP contribution in [-0.2, 0) is 4.74 Å². The van der Waals surface area contributed by atoms with Crippen molar-refractivity contribution in [1.29, 1.82) is 0 Å². The zero-order valence-electron chi connectivity index (χ0n) is 16.6. The largest absolute Gasteiger partial charge is 0.493 e. The molecule has 0 saturated heterocycles.